The highest BCUT2D eigenvalue weighted by Crippen LogP contribution is 2.52. The van der Waals surface area contributed by atoms with Gasteiger partial charge in [-0.3, -0.25) is 0 Å². The van der Waals surface area contributed by atoms with Gasteiger partial charge in [-0.25, -0.2) is 0 Å². The Hall–Kier alpha value is -3.66. The molecule has 4 aromatic rings. The number of methoxy groups -OCH3 is 3. The summed E-state index contributed by atoms with van der Waals surface area (Å²) >= 11 is 0. The molecule has 150 valence electrons. The van der Waals surface area contributed by atoms with Crippen molar-refractivity contribution in [1.29, 1.82) is 0 Å². The van der Waals surface area contributed by atoms with Gasteiger partial charge in [0.25, 0.3) is 0 Å². The molecule has 0 bridgehead atoms. The number of fused-ring (bicyclic) bond motifs is 4. The van der Waals surface area contributed by atoms with E-state index in [1.54, 1.807) is 21.3 Å². The lowest BCUT2D eigenvalue weighted by Crippen LogP contribution is -2.13. The fourth-order valence-corrected chi connectivity index (χ4v) is 4.28. The van der Waals surface area contributed by atoms with Gasteiger partial charge in [-0.2, -0.15) is 0 Å². The minimum absolute atomic E-state index is 0.0541. The highest BCUT2D eigenvalue weighted by atomic mass is 16.5. The van der Waals surface area contributed by atoms with Crippen LogP contribution in [0.3, 0.4) is 0 Å². The summed E-state index contributed by atoms with van der Waals surface area (Å²) in [5.74, 6) is 3.88. The third kappa shape index (κ3) is 2.84. The highest BCUT2D eigenvalue weighted by molar-refractivity contribution is 5.90. The monoisotopic (exact) mass is 398 g/mol. The summed E-state index contributed by atoms with van der Waals surface area (Å²) < 4.78 is 23.0. The molecule has 0 saturated heterocycles. The van der Waals surface area contributed by atoms with Crippen molar-refractivity contribution in [2.75, 3.05) is 21.3 Å². The van der Waals surface area contributed by atoms with Gasteiger partial charge in [0.1, 0.15) is 28.7 Å². The Labute approximate surface area is 175 Å². The summed E-state index contributed by atoms with van der Waals surface area (Å²) in [5.41, 5.74) is 3.27. The second-order valence-corrected chi connectivity index (χ2v) is 7.25. The number of hydrogen-bond donors (Lipinski definition) is 0. The Kier molecular flexibility index (Phi) is 4.47. The molecule has 1 atom stereocenters. The predicted octanol–water partition coefficient (Wildman–Crippen LogP) is 6.15. The van der Waals surface area contributed by atoms with E-state index in [0.717, 1.165) is 45.4 Å². The molecule has 1 aliphatic heterocycles. The number of hydrogen-bond acceptors (Lipinski definition) is 4. The van der Waals surface area contributed by atoms with Gasteiger partial charge in [0.05, 0.1) is 21.3 Å². The van der Waals surface area contributed by atoms with E-state index >= 15 is 0 Å². The molecule has 0 N–H and O–H groups in total. The summed E-state index contributed by atoms with van der Waals surface area (Å²) in [4.78, 5) is 0. The molecule has 1 heterocycles. The van der Waals surface area contributed by atoms with Crippen molar-refractivity contribution in [2.24, 2.45) is 0 Å². The van der Waals surface area contributed by atoms with Crippen molar-refractivity contribution in [3.8, 4) is 28.7 Å². The minimum Gasteiger partial charge on any atom is -0.497 e. The average molecular weight is 398 g/mol. The Morgan fingerprint density at radius 1 is 0.667 bits per heavy atom. The smallest absolute Gasteiger partial charge is 0.135 e. The first-order valence-electron chi connectivity index (χ1n) is 9.83. The average Bonchev–Trinajstić information content (AvgIpc) is 2.81. The van der Waals surface area contributed by atoms with Crippen LogP contribution in [0.25, 0.3) is 10.8 Å². The molecule has 4 nitrogen and oxygen atoms in total. The van der Waals surface area contributed by atoms with Crippen molar-refractivity contribution >= 4 is 10.8 Å². The van der Waals surface area contributed by atoms with Crippen LogP contribution in [0.4, 0.5) is 0 Å². The molecule has 0 radical (unpaired) electrons. The van der Waals surface area contributed by atoms with Gasteiger partial charge in [-0.05, 0) is 29.0 Å². The fraction of sp³-hybridized carbons (Fsp3) is 0.154. The number of rotatable bonds is 4. The molecule has 30 heavy (non-hydrogen) atoms. The summed E-state index contributed by atoms with van der Waals surface area (Å²) in [7, 11) is 5.01. The van der Waals surface area contributed by atoms with Crippen LogP contribution in [0.5, 0.6) is 28.7 Å². The summed E-state index contributed by atoms with van der Waals surface area (Å²) in [6.45, 7) is 0. The van der Waals surface area contributed by atoms with E-state index in [-0.39, 0.29) is 5.92 Å². The Balaban J connectivity index is 1.83. The van der Waals surface area contributed by atoms with Gasteiger partial charge in [0, 0.05) is 34.7 Å². The lowest BCUT2D eigenvalue weighted by Gasteiger charge is -2.31. The van der Waals surface area contributed by atoms with Gasteiger partial charge in [0.2, 0.25) is 0 Å². The first-order valence-corrected chi connectivity index (χ1v) is 9.83. The molecular formula is C26H22O4. The molecule has 0 aromatic heterocycles. The SMILES string of the molecule is COc1ccc(C2c3ccc(OC)cc3Oc3ccc4ccccc4c32)c(OC)c1. The lowest BCUT2D eigenvalue weighted by molar-refractivity contribution is 0.388. The summed E-state index contributed by atoms with van der Waals surface area (Å²) in [6, 6.07) is 24.5. The second-order valence-electron chi connectivity index (χ2n) is 7.25. The first kappa shape index (κ1) is 18.4. The molecule has 5 rings (SSSR count). The molecule has 0 saturated carbocycles. The van der Waals surface area contributed by atoms with Gasteiger partial charge >= 0.3 is 0 Å². The molecule has 4 aromatic carbocycles. The predicted molar refractivity (Wildman–Crippen MR) is 118 cm³/mol. The number of benzene rings is 4. The molecule has 1 aliphatic rings. The lowest BCUT2D eigenvalue weighted by atomic mass is 9.80. The maximum atomic E-state index is 6.35. The van der Waals surface area contributed by atoms with E-state index in [2.05, 4.69) is 42.5 Å². The third-order valence-corrected chi connectivity index (χ3v) is 5.72. The van der Waals surface area contributed by atoms with E-state index in [1.165, 1.54) is 10.8 Å². The molecular weight excluding hydrogens is 376 g/mol. The topological polar surface area (TPSA) is 36.9 Å². The van der Waals surface area contributed by atoms with E-state index in [9.17, 15) is 0 Å². The first-order chi connectivity index (χ1) is 14.7. The maximum absolute atomic E-state index is 6.35. The Morgan fingerprint density at radius 2 is 1.40 bits per heavy atom. The molecule has 4 heteroatoms. The van der Waals surface area contributed by atoms with Gasteiger partial charge in [0.15, 0.2) is 0 Å². The van der Waals surface area contributed by atoms with Crippen molar-refractivity contribution in [3.63, 3.8) is 0 Å². The normalized spacial score (nSPS) is 14.4. The van der Waals surface area contributed by atoms with Crippen LogP contribution in [0, 0.1) is 0 Å². The van der Waals surface area contributed by atoms with Crippen molar-refractivity contribution < 1.29 is 18.9 Å². The van der Waals surface area contributed by atoms with Crippen LogP contribution in [-0.4, -0.2) is 21.3 Å². The van der Waals surface area contributed by atoms with E-state index in [0.29, 0.717) is 0 Å². The quantitative estimate of drug-likeness (QED) is 0.364. The van der Waals surface area contributed by atoms with Crippen LogP contribution in [0.1, 0.15) is 22.6 Å². The number of ether oxygens (including phenoxy) is 4. The molecule has 0 fully saturated rings. The molecule has 0 spiro atoms. The van der Waals surface area contributed by atoms with E-state index in [4.69, 9.17) is 18.9 Å². The fourth-order valence-electron chi connectivity index (χ4n) is 4.28. The standard InChI is InChI=1S/C26H22O4/c1-27-17-9-11-20(23(14-17)29-3)25-21-12-10-18(28-2)15-24(21)30-22-13-8-16-6-4-5-7-19(16)26(22)25/h4-15,25H,1-3H3. The minimum atomic E-state index is -0.0541. The zero-order chi connectivity index (χ0) is 20.7. The van der Waals surface area contributed by atoms with Crippen LogP contribution in [-0.2, 0) is 0 Å². The van der Waals surface area contributed by atoms with Crippen LogP contribution < -0.4 is 18.9 Å². The molecule has 0 aliphatic carbocycles. The van der Waals surface area contributed by atoms with Crippen LogP contribution in [0.2, 0.25) is 0 Å². The Morgan fingerprint density at radius 3 is 2.17 bits per heavy atom. The van der Waals surface area contributed by atoms with E-state index in [1.807, 2.05) is 30.3 Å². The molecule has 1 unspecified atom stereocenters. The zero-order valence-corrected chi connectivity index (χ0v) is 17.1. The van der Waals surface area contributed by atoms with E-state index < -0.39 is 0 Å². The maximum Gasteiger partial charge on any atom is 0.135 e. The van der Waals surface area contributed by atoms with Gasteiger partial charge in [-0.15, -0.1) is 0 Å². The zero-order valence-electron chi connectivity index (χ0n) is 17.1. The van der Waals surface area contributed by atoms with Gasteiger partial charge in [-0.1, -0.05) is 42.5 Å². The second kappa shape index (κ2) is 7.30. The highest BCUT2D eigenvalue weighted by Gasteiger charge is 2.32. The van der Waals surface area contributed by atoms with Crippen molar-refractivity contribution in [3.05, 3.63) is 89.5 Å². The largest absolute Gasteiger partial charge is 0.497 e. The molecule has 0 amide bonds. The van der Waals surface area contributed by atoms with Gasteiger partial charge < -0.3 is 18.9 Å². The summed E-state index contributed by atoms with van der Waals surface area (Å²) in [6.07, 6.45) is 0. The van der Waals surface area contributed by atoms with Crippen molar-refractivity contribution in [1.82, 2.24) is 0 Å². The Bertz CT molecular complexity index is 1250. The third-order valence-electron chi connectivity index (χ3n) is 5.72. The van der Waals surface area contributed by atoms with Crippen LogP contribution in [0.15, 0.2) is 72.8 Å². The summed E-state index contributed by atoms with van der Waals surface area (Å²) in [5, 5.41) is 2.34. The van der Waals surface area contributed by atoms with Crippen LogP contribution >= 0.6 is 0 Å². The van der Waals surface area contributed by atoms with Crippen molar-refractivity contribution in [2.45, 2.75) is 5.92 Å².